The average Bonchev–Trinajstić information content (AvgIpc) is 2.98. The minimum atomic E-state index is -0.839. The fourth-order valence-electron chi connectivity index (χ4n) is 5.90. The highest BCUT2D eigenvalue weighted by molar-refractivity contribution is 7.99. The van der Waals surface area contributed by atoms with Crippen LogP contribution in [0.5, 0.6) is 0 Å². The lowest BCUT2D eigenvalue weighted by Gasteiger charge is -2.36. The molecule has 3 aliphatic rings. The molecule has 3 amide bonds. The van der Waals surface area contributed by atoms with E-state index in [9.17, 15) is 14.4 Å². The number of hydrogen-bond acceptors (Lipinski definition) is 7. The molecule has 42 heavy (non-hydrogen) atoms. The number of rotatable bonds is 10. The third-order valence-electron chi connectivity index (χ3n) is 8.24. The molecule has 2 atom stereocenters. The number of nitrogens with zero attached hydrogens (tertiary/aromatic N) is 2. The van der Waals surface area contributed by atoms with E-state index in [4.69, 9.17) is 9.47 Å². The van der Waals surface area contributed by atoms with Crippen molar-refractivity contribution in [2.45, 2.75) is 96.0 Å². The van der Waals surface area contributed by atoms with Crippen LogP contribution < -0.4 is 10.6 Å². The van der Waals surface area contributed by atoms with Crippen molar-refractivity contribution in [3.8, 4) is 0 Å². The number of ether oxygens (including phenoxy) is 2. The topological polar surface area (TPSA) is 100 Å². The van der Waals surface area contributed by atoms with Crippen molar-refractivity contribution >= 4 is 29.7 Å². The number of thioether (sulfide) groups is 1. The van der Waals surface area contributed by atoms with Gasteiger partial charge in [0.1, 0.15) is 17.7 Å². The number of piperidine rings is 1. The number of amides is 3. The van der Waals surface area contributed by atoms with E-state index in [-0.39, 0.29) is 31.0 Å². The zero-order valence-corrected chi connectivity index (χ0v) is 26.5. The van der Waals surface area contributed by atoms with Crippen LogP contribution in [-0.4, -0.2) is 95.8 Å². The lowest BCUT2D eigenvalue weighted by Crippen LogP contribution is -2.60. The molecule has 0 radical (unpaired) electrons. The Morgan fingerprint density at radius 2 is 1.74 bits per heavy atom. The third kappa shape index (κ3) is 10.5. The Hall–Kier alpha value is -2.30. The summed E-state index contributed by atoms with van der Waals surface area (Å²) in [6.07, 6.45) is 7.54. The predicted molar refractivity (Wildman–Crippen MR) is 166 cm³/mol. The van der Waals surface area contributed by atoms with Crippen molar-refractivity contribution in [2.75, 3.05) is 44.4 Å². The van der Waals surface area contributed by atoms with Gasteiger partial charge in [0.25, 0.3) is 0 Å². The monoisotopic (exact) mass is 602 g/mol. The molecule has 4 rings (SSSR count). The van der Waals surface area contributed by atoms with Crippen LogP contribution in [0.4, 0.5) is 4.79 Å². The largest absolute Gasteiger partial charge is 0.444 e. The zero-order valence-electron chi connectivity index (χ0n) is 25.6. The van der Waals surface area contributed by atoms with Crippen molar-refractivity contribution in [3.63, 3.8) is 0 Å². The maximum Gasteiger partial charge on any atom is 0.411 e. The molecule has 0 aromatic heterocycles. The van der Waals surface area contributed by atoms with Crippen LogP contribution in [0.2, 0.25) is 0 Å². The molecule has 2 heterocycles. The second kappa shape index (κ2) is 16.0. The molecule has 1 saturated carbocycles. The molecule has 2 aliphatic heterocycles. The number of morpholine rings is 1. The van der Waals surface area contributed by atoms with Crippen LogP contribution in [0.15, 0.2) is 30.3 Å². The highest BCUT2D eigenvalue weighted by atomic mass is 32.2. The molecule has 1 aromatic rings. The molecule has 10 heteroatoms. The number of hydrogen-bond donors (Lipinski definition) is 2. The molecule has 2 saturated heterocycles. The van der Waals surface area contributed by atoms with Gasteiger partial charge in [0.15, 0.2) is 0 Å². The number of likely N-dealkylation sites (tertiary alicyclic amines) is 1. The van der Waals surface area contributed by atoms with E-state index in [1.165, 1.54) is 42.6 Å². The van der Waals surface area contributed by atoms with Crippen molar-refractivity contribution in [1.82, 2.24) is 20.4 Å². The molecular weight excluding hydrogens is 552 g/mol. The Kier molecular flexibility index (Phi) is 12.4. The molecule has 2 unspecified atom stereocenters. The van der Waals surface area contributed by atoms with Crippen LogP contribution in [-0.2, 0) is 25.6 Å². The van der Waals surface area contributed by atoms with Crippen molar-refractivity contribution in [1.29, 1.82) is 0 Å². The molecule has 234 valence electrons. The number of carbonyl (C=O) groups excluding carboxylic acids is 3. The summed E-state index contributed by atoms with van der Waals surface area (Å²) in [4.78, 5) is 43.9. The molecular formula is C32H50N4O5S. The fourth-order valence-corrected chi connectivity index (χ4v) is 7.17. The highest BCUT2D eigenvalue weighted by Gasteiger charge is 2.37. The van der Waals surface area contributed by atoms with Gasteiger partial charge in [0.2, 0.25) is 11.8 Å². The lowest BCUT2D eigenvalue weighted by atomic mass is 9.91. The van der Waals surface area contributed by atoms with E-state index in [2.05, 4.69) is 39.8 Å². The molecule has 0 spiro atoms. The van der Waals surface area contributed by atoms with Gasteiger partial charge in [-0.15, -0.1) is 0 Å². The Bertz CT molecular complexity index is 1010. The molecule has 2 N–H and O–H groups in total. The van der Waals surface area contributed by atoms with E-state index in [1.54, 1.807) is 32.5 Å². The van der Waals surface area contributed by atoms with E-state index in [1.807, 2.05) is 6.07 Å². The first-order valence-corrected chi connectivity index (χ1v) is 16.9. The van der Waals surface area contributed by atoms with Gasteiger partial charge in [-0.25, -0.2) is 4.79 Å². The Morgan fingerprint density at radius 3 is 2.43 bits per heavy atom. The molecule has 0 bridgehead atoms. The second-order valence-electron chi connectivity index (χ2n) is 12.9. The summed E-state index contributed by atoms with van der Waals surface area (Å²) in [5.74, 6) is 1.64. The standard InChI is InChI=1S/C32H50N4O5S/c1-32(2,3)41-31(39)36-18-19-40-21-28(36)30(38)34-27(23-42-22-25-12-8-5-9-13-25)29(37)33-26-14-16-35(17-15-26)20-24-10-6-4-7-11-24/h4,6-7,10-11,25-28H,5,8-9,12-23H2,1-3H3,(H,33,37)(H,34,38). The van der Waals surface area contributed by atoms with Gasteiger partial charge in [0, 0.05) is 38.0 Å². The SMILES string of the molecule is CC(C)(C)OC(=O)N1CCOCC1C(=O)NC(CSCC1CCCCC1)C(=O)NC1CCN(Cc2ccccc2)CC1. The first-order chi connectivity index (χ1) is 20.2. The maximum absolute atomic E-state index is 13.6. The summed E-state index contributed by atoms with van der Waals surface area (Å²) in [6, 6.07) is 9.00. The summed E-state index contributed by atoms with van der Waals surface area (Å²) in [5.41, 5.74) is 0.621. The van der Waals surface area contributed by atoms with Crippen LogP contribution >= 0.6 is 11.8 Å². The molecule has 3 fully saturated rings. The second-order valence-corrected chi connectivity index (χ2v) is 14.0. The Morgan fingerprint density at radius 1 is 1.02 bits per heavy atom. The summed E-state index contributed by atoms with van der Waals surface area (Å²) in [7, 11) is 0. The van der Waals surface area contributed by atoms with Crippen molar-refractivity contribution in [2.24, 2.45) is 5.92 Å². The fraction of sp³-hybridized carbons (Fsp3) is 0.719. The summed E-state index contributed by atoms with van der Waals surface area (Å²) >= 11 is 1.74. The smallest absolute Gasteiger partial charge is 0.411 e. The molecule has 9 nitrogen and oxygen atoms in total. The molecule has 1 aliphatic carbocycles. The predicted octanol–water partition coefficient (Wildman–Crippen LogP) is 4.20. The van der Waals surface area contributed by atoms with Gasteiger partial charge in [0.05, 0.1) is 13.2 Å². The van der Waals surface area contributed by atoms with E-state index in [0.29, 0.717) is 18.3 Å². The van der Waals surface area contributed by atoms with Gasteiger partial charge < -0.3 is 20.1 Å². The van der Waals surface area contributed by atoms with Crippen LogP contribution in [0, 0.1) is 5.92 Å². The quantitative estimate of drug-likeness (QED) is 0.414. The number of benzene rings is 1. The molecule has 1 aromatic carbocycles. The maximum atomic E-state index is 13.6. The summed E-state index contributed by atoms with van der Waals surface area (Å²) in [6.45, 7) is 8.83. The van der Waals surface area contributed by atoms with Gasteiger partial charge in [-0.3, -0.25) is 19.4 Å². The Labute approximate surface area is 255 Å². The first-order valence-electron chi connectivity index (χ1n) is 15.7. The van der Waals surface area contributed by atoms with E-state index >= 15 is 0 Å². The number of carbonyl (C=O) groups is 3. The van der Waals surface area contributed by atoms with Crippen LogP contribution in [0.25, 0.3) is 0 Å². The minimum Gasteiger partial charge on any atom is -0.444 e. The van der Waals surface area contributed by atoms with Gasteiger partial charge in [-0.05, 0) is 63.7 Å². The van der Waals surface area contributed by atoms with E-state index in [0.717, 1.165) is 38.2 Å². The minimum absolute atomic E-state index is 0.0727. The van der Waals surface area contributed by atoms with Crippen LogP contribution in [0.3, 0.4) is 0 Å². The van der Waals surface area contributed by atoms with Gasteiger partial charge in [-0.2, -0.15) is 11.8 Å². The Balaban J connectivity index is 1.34. The van der Waals surface area contributed by atoms with Crippen molar-refractivity contribution < 1.29 is 23.9 Å². The normalized spacial score (nSPS) is 21.9. The average molecular weight is 603 g/mol. The van der Waals surface area contributed by atoms with Crippen LogP contribution in [0.1, 0.15) is 71.3 Å². The summed E-state index contributed by atoms with van der Waals surface area (Å²) < 4.78 is 11.1. The highest BCUT2D eigenvalue weighted by Crippen LogP contribution is 2.27. The first kappa shape index (κ1) is 32.6. The lowest BCUT2D eigenvalue weighted by molar-refractivity contribution is -0.136. The zero-order chi connectivity index (χ0) is 30.0. The number of nitrogens with one attached hydrogen (secondary N) is 2. The van der Waals surface area contributed by atoms with Gasteiger partial charge >= 0.3 is 6.09 Å². The van der Waals surface area contributed by atoms with Gasteiger partial charge in [-0.1, -0.05) is 49.6 Å². The third-order valence-corrected chi connectivity index (χ3v) is 9.51. The van der Waals surface area contributed by atoms with E-state index < -0.39 is 23.8 Å². The van der Waals surface area contributed by atoms with Crippen molar-refractivity contribution in [3.05, 3.63) is 35.9 Å². The summed E-state index contributed by atoms with van der Waals surface area (Å²) in [5, 5.41) is 6.23.